The predicted molar refractivity (Wildman–Crippen MR) is 90.1 cm³/mol. The molecule has 5 heteroatoms. The molecular weight excluding hydrogens is 332 g/mol. The van der Waals surface area contributed by atoms with Crippen molar-refractivity contribution in [2.24, 2.45) is 0 Å². The molecule has 2 aromatic rings. The number of methoxy groups -OCH3 is 2. The summed E-state index contributed by atoms with van der Waals surface area (Å²) in [6, 6.07) is 11.9. The lowest BCUT2D eigenvalue weighted by Gasteiger charge is -2.19. The van der Waals surface area contributed by atoms with Crippen molar-refractivity contribution in [3.8, 4) is 11.5 Å². The number of halogens is 1. The van der Waals surface area contributed by atoms with Gasteiger partial charge in [0.25, 0.3) is 0 Å². The highest BCUT2D eigenvalue weighted by molar-refractivity contribution is 9.10. The summed E-state index contributed by atoms with van der Waals surface area (Å²) in [5, 5.41) is 3.40. The number of hydrogen-bond acceptors (Lipinski definition) is 4. The second kappa shape index (κ2) is 6.72. The van der Waals surface area contributed by atoms with Crippen molar-refractivity contribution in [2.45, 2.75) is 13.0 Å². The third-order valence-corrected chi connectivity index (χ3v) is 3.77. The van der Waals surface area contributed by atoms with Gasteiger partial charge in [-0.05, 0) is 24.6 Å². The van der Waals surface area contributed by atoms with Crippen LogP contribution in [-0.4, -0.2) is 14.2 Å². The second-order valence-electron chi connectivity index (χ2n) is 4.72. The monoisotopic (exact) mass is 350 g/mol. The van der Waals surface area contributed by atoms with Gasteiger partial charge in [-0.15, -0.1) is 0 Å². The van der Waals surface area contributed by atoms with E-state index in [1.165, 1.54) is 5.56 Å². The van der Waals surface area contributed by atoms with Crippen LogP contribution in [0.4, 0.5) is 11.4 Å². The summed E-state index contributed by atoms with van der Waals surface area (Å²) in [4.78, 5) is 0. The molecule has 0 aliphatic carbocycles. The Bertz CT molecular complexity index is 632. The molecule has 0 bridgehead atoms. The Kier molecular flexibility index (Phi) is 4.96. The molecule has 0 amide bonds. The molecule has 1 unspecified atom stereocenters. The average Bonchev–Trinajstić information content (AvgIpc) is 2.48. The zero-order chi connectivity index (χ0) is 15.4. The van der Waals surface area contributed by atoms with Crippen molar-refractivity contribution >= 4 is 27.3 Å². The molecule has 0 spiro atoms. The van der Waals surface area contributed by atoms with Gasteiger partial charge < -0.3 is 20.5 Å². The van der Waals surface area contributed by atoms with E-state index in [1.807, 2.05) is 18.2 Å². The molecule has 4 nitrogen and oxygen atoms in total. The van der Waals surface area contributed by atoms with Crippen molar-refractivity contribution < 1.29 is 9.47 Å². The van der Waals surface area contributed by atoms with Crippen LogP contribution >= 0.6 is 15.9 Å². The molecule has 0 fully saturated rings. The highest BCUT2D eigenvalue weighted by Crippen LogP contribution is 2.36. The van der Waals surface area contributed by atoms with Crippen molar-refractivity contribution in [2.75, 3.05) is 25.3 Å². The number of ether oxygens (including phenoxy) is 2. The summed E-state index contributed by atoms with van der Waals surface area (Å²) in [6.07, 6.45) is 0. The van der Waals surface area contributed by atoms with Crippen LogP contribution in [0.5, 0.6) is 11.5 Å². The summed E-state index contributed by atoms with van der Waals surface area (Å²) >= 11 is 3.48. The van der Waals surface area contributed by atoms with E-state index in [9.17, 15) is 0 Å². The van der Waals surface area contributed by atoms with Gasteiger partial charge in [0.1, 0.15) is 0 Å². The minimum Gasteiger partial charge on any atom is -0.493 e. The largest absolute Gasteiger partial charge is 0.493 e. The maximum Gasteiger partial charge on any atom is 0.162 e. The first-order valence-corrected chi connectivity index (χ1v) is 7.38. The van der Waals surface area contributed by atoms with E-state index in [0.29, 0.717) is 17.2 Å². The standard InChI is InChI=1S/C16H19BrN2O2/c1-10(11-5-4-6-12(17)7-11)19-14-9-16(21-3)15(20-2)8-13(14)18/h4-10,19H,18H2,1-3H3. The van der Waals surface area contributed by atoms with Crippen LogP contribution in [-0.2, 0) is 0 Å². The average molecular weight is 351 g/mol. The summed E-state index contributed by atoms with van der Waals surface area (Å²) in [5.41, 5.74) is 8.67. The molecule has 0 saturated carbocycles. The normalized spacial score (nSPS) is 11.8. The molecule has 3 N–H and O–H groups in total. The Balaban J connectivity index is 2.26. The Morgan fingerprint density at radius 2 is 1.76 bits per heavy atom. The van der Waals surface area contributed by atoms with Crippen LogP contribution in [0.3, 0.4) is 0 Å². The summed E-state index contributed by atoms with van der Waals surface area (Å²) in [5.74, 6) is 1.27. The summed E-state index contributed by atoms with van der Waals surface area (Å²) in [7, 11) is 3.20. The van der Waals surface area contributed by atoms with Gasteiger partial charge in [-0.2, -0.15) is 0 Å². The van der Waals surface area contributed by atoms with Crippen LogP contribution in [0, 0.1) is 0 Å². The third-order valence-electron chi connectivity index (χ3n) is 3.28. The molecule has 2 aromatic carbocycles. The van der Waals surface area contributed by atoms with Crippen LogP contribution in [0.2, 0.25) is 0 Å². The molecule has 0 aromatic heterocycles. The van der Waals surface area contributed by atoms with E-state index >= 15 is 0 Å². The number of nitrogens with one attached hydrogen (secondary N) is 1. The van der Waals surface area contributed by atoms with Gasteiger partial charge in [-0.3, -0.25) is 0 Å². The maximum atomic E-state index is 6.07. The van der Waals surface area contributed by atoms with Crippen LogP contribution in [0.15, 0.2) is 40.9 Å². The quantitative estimate of drug-likeness (QED) is 0.792. The van der Waals surface area contributed by atoms with Gasteiger partial charge in [0.05, 0.1) is 25.6 Å². The van der Waals surface area contributed by atoms with Crippen LogP contribution in [0.25, 0.3) is 0 Å². The minimum atomic E-state index is 0.114. The molecule has 0 aliphatic rings. The van der Waals surface area contributed by atoms with E-state index < -0.39 is 0 Å². The van der Waals surface area contributed by atoms with Gasteiger partial charge in [-0.25, -0.2) is 0 Å². The van der Waals surface area contributed by atoms with Crippen molar-refractivity contribution in [1.82, 2.24) is 0 Å². The van der Waals surface area contributed by atoms with Crippen molar-refractivity contribution in [3.05, 3.63) is 46.4 Å². The first-order valence-electron chi connectivity index (χ1n) is 6.58. The molecule has 112 valence electrons. The Morgan fingerprint density at radius 3 is 2.38 bits per heavy atom. The molecule has 21 heavy (non-hydrogen) atoms. The Hall–Kier alpha value is -1.88. The maximum absolute atomic E-state index is 6.07. The lowest BCUT2D eigenvalue weighted by atomic mass is 10.1. The number of benzene rings is 2. The molecule has 0 radical (unpaired) electrons. The zero-order valence-electron chi connectivity index (χ0n) is 12.3. The van der Waals surface area contributed by atoms with E-state index in [0.717, 1.165) is 10.2 Å². The molecule has 0 heterocycles. The molecular formula is C16H19BrN2O2. The second-order valence-corrected chi connectivity index (χ2v) is 5.63. The zero-order valence-corrected chi connectivity index (χ0v) is 13.9. The predicted octanol–water partition coefficient (Wildman–Crippen LogP) is 4.22. The third kappa shape index (κ3) is 3.61. The fraction of sp³-hybridized carbons (Fsp3) is 0.250. The van der Waals surface area contributed by atoms with Gasteiger partial charge in [0, 0.05) is 22.6 Å². The number of rotatable bonds is 5. The lowest BCUT2D eigenvalue weighted by Crippen LogP contribution is -2.09. The smallest absolute Gasteiger partial charge is 0.162 e. The van der Waals surface area contributed by atoms with Gasteiger partial charge in [0.2, 0.25) is 0 Å². The highest BCUT2D eigenvalue weighted by atomic mass is 79.9. The van der Waals surface area contributed by atoms with E-state index in [1.54, 1.807) is 20.3 Å². The van der Waals surface area contributed by atoms with E-state index in [2.05, 4.69) is 40.3 Å². The SMILES string of the molecule is COc1cc(N)c(NC(C)c2cccc(Br)c2)cc1OC. The van der Waals surface area contributed by atoms with E-state index in [-0.39, 0.29) is 6.04 Å². The molecule has 0 saturated heterocycles. The van der Waals surface area contributed by atoms with Crippen LogP contribution < -0.4 is 20.5 Å². The molecule has 1 atom stereocenters. The summed E-state index contributed by atoms with van der Waals surface area (Å²) in [6.45, 7) is 2.08. The number of nitrogens with two attached hydrogens (primary N) is 1. The fourth-order valence-corrected chi connectivity index (χ4v) is 2.53. The number of nitrogen functional groups attached to an aromatic ring is 1. The Morgan fingerprint density at radius 1 is 1.10 bits per heavy atom. The fourth-order valence-electron chi connectivity index (χ4n) is 2.11. The van der Waals surface area contributed by atoms with Gasteiger partial charge >= 0.3 is 0 Å². The van der Waals surface area contributed by atoms with E-state index in [4.69, 9.17) is 15.2 Å². The first-order chi connectivity index (χ1) is 10.0. The van der Waals surface area contributed by atoms with Crippen LogP contribution in [0.1, 0.15) is 18.5 Å². The highest BCUT2D eigenvalue weighted by Gasteiger charge is 2.12. The number of anilines is 2. The topological polar surface area (TPSA) is 56.5 Å². The van der Waals surface area contributed by atoms with Gasteiger partial charge in [0.15, 0.2) is 11.5 Å². The minimum absolute atomic E-state index is 0.114. The molecule has 0 aliphatic heterocycles. The Labute approximate surface area is 133 Å². The van der Waals surface area contributed by atoms with Gasteiger partial charge in [-0.1, -0.05) is 28.1 Å². The van der Waals surface area contributed by atoms with Crippen molar-refractivity contribution in [1.29, 1.82) is 0 Å². The van der Waals surface area contributed by atoms with Crippen molar-refractivity contribution in [3.63, 3.8) is 0 Å². The summed E-state index contributed by atoms with van der Waals surface area (Å²) < 4.78 is 11.6. The lowest BCUT2D eigenvalue weighted by molar-refractivity contribution is 0.355. The number of hydrogen-bond donors (Lipinski definition) is 2. The molecule has 2 rings (SSSR count). The first kappa shape index (κ1) is 15.5.